The fourth-order valence-corrected chi connectivity index (χ4v) is 2.46. The van der Waals surface area contributed by atoms with Gasteiger partial charge in [0.25, 0.3) is 5.91 Å². The van der Waals surface area contributed by atoms with E-state index < -0.39 is 0 Å². The summed E-state index contributed by atoms with van der Waals surface area (Å²) < 4.78 is 0. The first-order valence-corrected chi connectivity index (χ1v) is 7.95. The summed E-state index contributed by atoms with van der Waals surface area (Å²) >= 11 is 0. The molecule has 0 radical (unpaired) electrons. The third-order valence-corrected chi connectivity index (χ3v) is 3.66. The number of hydrogen-bond donors (Lipinski definition) is 1. The zero-order valence-electron chi connectivity index (χ0n) is 13.5. The van der Waals surface area contributed by atoms with Gasteiger partial charge in [-0.25, -0.2) is 0 Å². The van der Waals surface area contributed by atoms with Crippen molar-refractivity contribution >= 4 is 5.91 Å². The Balaban J connectivity index is 2.62. The van der Waals surface area contributed by atoms with Gasteiger partial charge in [-0.05, 0) is 50.8 Å². The van der Waals surface area contributed by atoms with Crippen LogP contribution in [0.3, 0.4) is 0 Å². The highest BCUT2D eigenvalue weighted by Gasteiger charge is 2.12. The SMILES string of the molecule is CCCCCCCc1cccc(C(=O)NC(C)C)c1C. The average Bonchev–Trinajstić information content (AvgIpc) is 2.39. The smallest absolute Gasteiger partial charge is 0.251 e. The molecule has 1 N–H and O–H groups in total. The van der Waals surface area contributed by atoms with Crippen molar-refractivity contribution in [3.8, 4) is 0 Å². The fraction of sp³-hybridized carbons (Fsp3) is 0.611. The Labute approximate surface area is 124 Å². The predicted octanol–water partition coefficient (Wildman–Crippen LogP) is 4.65. The molecule has 0 saturated heterocycles. The maximum absolute atomic E-state index is 12.1. The second-order valence-electron chi connectivity index (χ2n) is 5.88. The number of amides is 1. The molecule has 2 nitrogen and oxygen atoms in total. The highest BCUT2D eigenvalue weighted by atomic mass is 16.1. The standard InChI is InChI=1S/C18H29NO/c1-5-6-7-8-9-11-16-12-10-13-17(15(16)4)18(20)19-14(2)3/h10,12-14H,5-9,11H2,1-4H3,(H,19,20). The second kappa shape index (κ2) is 8.78. The minimum Gasteiger partial charge on any atom is -0.350 e. The van der Waals surface area contributed by atoms with Gasteiger partial charge in [-0.15, -0.1) is 0 Å². The maximum Gasteiger partial charge on any atom is 0.251 e. The van der Waals surface area contributed by atoms with Crippen LogP contribution in [0.15, 0.2) is 18.2 Å². The number of hydrogen-bond acceptors (Lipinski definition) is 1. The molecule has 0 atom stereocenters. The van der Waals surface area contributed by atoms with Crippen LogP contribution in [-0.2, 0) is 6.42 Å². The number of carbonyl (C=O) groups excluding carboxylic acids is 1. The van der Waals surface area contributed by atoms with Crippen LogP contribution in [0.1, 0.15) is 74.4 Å². The molecule has 112 valence electrons. The van der Waals surface area contributed by atoms with Gasteiger partial charge in [0.05, 0.1) is 0 Å². The summed E-state index contributed by atoms with van der Waals surface area (Å²) in [6.45, 7) is 8.28. The van der Waals surface area contributed by atoms with E-state index in [-0.39, 0.29) is 11.9 Å². The van der Waals surface area contributed by atoms with Gasteiger partial charge in [-0.3, -0.25) is 4.79 Å². The number of unbranched alkanes of at least 4 members (excludes halogenated alkanes) is 4. The van der Waals surface area contributed by atoms with E-state index in [1.807, 2.05) is 26.0 Å². The van der Waals surface area contributed by atoms with E-state index in [2.05, 4.69) is 25.2 Å². The van der Waals surface area contributed by atoms with Gasteiger partial charge in [0.2, 0.25) is 0 Å². The van der Waals surface area contributed by atoms with Gasteiger partial charge in [0, 0.05) is 11.6 Å². The number of carbonyl (C=O) groups is 1. The Kier molecular flexibility index (Phi) is 7.35. The van der Waals surface area contributed by atoms with Crippen LogP contribution in [0, 0.1) is 6.92 Å². The molecule has 0 spiro atoms. The quantitative estimate of drug-likeness (QED) is 0.688. The summed E-state index contributed by atoms with van der Waals surface area (Å²) in [6, 6.07) is 6.26. The minimum atomic E-state index is 0.0466. The van der Waals surface area contributed by atoms with E-state index in [1.54, 1.807) is 0 Å². The Bertz CT molecular complexity index is 423. The van der Waals surface area contributed by atoms with Crippen molar-refractivity contribution in [1.29, 1.82) is 0 Å². The van der Waals surface area contributed by atoms with E-state index >= 15 is 0 Å². The molecule has 1 amide bonds. The van der Waals surface area contributed by atoms with Crippen molar-refractivity contribution in [2.45, 2.75) is 72.3 Å². The third kappa shape index (κ3) is 5.36. The summed E-state index contributed by atoms with van der Waals surface area (Å²) in [6.07, 6.45) is 7.52. The van der Waals surface area contributed by atoms with Gasteiger partial charge in [0.15, 0.2) is 0 Å². The summed E-state index contributed by atoms with van der Waals surface area (Å²) in [7, 11) is 0. The largest absolute Gasteiger partial charge is 0.350 e. The molecule has 20 heavy (non-hydrogen) atoms. The van der Waals surface area contributed by atoms with Gasteiger partial charge >= 0.3 is 0 Å². The molecule has 0 fully saturated rings. The summed E-state index contributed by atoms with van der Waals surface area (Å²) in [4.78, 5) is 12.1. The molecule has 2 heteroatoms. The van der Waals surface area contributed by atoms with Gasteiger partial charge in [0.1, 0.15) is 0 Å². The van der Waals surface area contributed by atoms with Gasteiger partial charge in [-0.1, -0.05) is 44.7 Å². The van der Waals surface area contributed by atoms with Crippen molar-refractivity contribution < 1.29 is 4.79 Å². The van der Waals surface area contributed by atoms with E-state index in [1.165, 1.54) is 37.7 Å². The topological polar surface area (TPSA) is 29.1 Å². The molecule has 0 aliphatic heterocycles. The highest BCUT2D eigenvalue weighted by molar-refractivity contribution is 5.96. The van der Waals surface area contributed by atoms with Crippen LogP contribution in [-0.4, -0.2) is 11.9 Å². The molecular formula is C18H29NO. The zero-order valence-corrected chi connectivity index (χ0v) is 13.5. The summed E-state index contributed by atoms with van der Waals surface area (Å²) in [5.41, 5.74) is 3.28. The first kappa shape index (κ1) is 16.7. The second-order valence-corrected chi connectivity index (χ2v) is 5.88. The van der Waals surface area contributed by atoms with Crippen LogP contribution >= 0.6 is 0 Å². The molecule has 1 aromatic carbocycles. The molecule has 0 aliphatic rings. The number of rotatable bonds is 8. The Morgan fingerprint density at radius 1 is 1.15 bits per heavy atom. The molecule has 0 saturated carbocycles. The molecule has 0 aliphatic carbocycles. The van der Waals surface area contributed by atoms with E-state index in [0.717, 1.165) is 17.5 Å². The molecular weight excluding hydrogens is 246 g/mol. The van der Waals surface area contributed by atoms with Crippen molar-refractivity contribution in [3.05, 3.63) is 34.9 Å². The number of benzene rings is 1. The van der Waals surface area contributed by atoms with Crippen LogP contribution in [0.4, 0.5) is 0 Å². The first-order valence-electron chi connectivity index (χ1n) is 7.95. The normalized spacial score (nSPS) is 10.8. The van der Waals surface area contributed by atoms with Crippen molar-refractivity contribution in [2.75, 3.05) is 0 Å². The zero-order chi connectivity index (χ0) is 15.0. The molecule has 1 rings (SSSR count). The molecule has 0 heterocycles. The molecule has 0 unspecified atom stereocenters. The fourth-order valence-electron chi connectivity index (χ4n) is 2.46. The molecule has 1 aromatic rings. The van der Waals surface area contributed by atoms with E-state index in [9.17, 15) is 4.79 Å². The highest BCUT2D eigenvalue weighted by Crippen LogP contribution is 2.17. The minimum absolute atomic E-state index is 0.0466. The van der Waals surface area contributed by atoms with Gasteiger partial charge < -0.3 is 5.32 Å². The number of nitrogens with one attached hydrogen (secondary N) is 1. The van der Waals surface area contributed by atoms with Crippen molar-refractivity contribution in [2.24, 2.45) is 0 Å². The lowest BCUT2D eigenvalue weighted by atomic mass is 9.97. The monoisotopic (exact) mass is 275 g/mol. The van der Waals surface area contributed by atoms with Crippen LogP contribution < -0.4 is 5.32 Å². The third-order valence-electron chi connectivity index (χ3n) is 3.66. The van der Waals surface area contributed by atoms with Crippen molar-refractivity contribution in [1.82, 2.24) is 5.32 Å². The number of aryl methyl sites for hydroxylation is 1. The van der Waals surface area contributed by atoms with Gasteiger partial charge in [-0.2, -0.15) is 0 Å². The van der Waals surface area contributed by atoms with Crippen LogP contribution in [0.2, 0.25) is 0 Å². The van der Waals surface area contributed by atoms with Crippen molar-refractivity contribution in [3.63, 3.8) is 0 Å². The van der Waals surface area contributed by atoms with E-state index in [4.69, 9.17) is 0 Å². The lowest BCUT2D eigenvalue weighted by molar-refractivity contribution is 0.0942. The summed E-state index contributed by atoms with van der Waals surface area (Å²) in [5, 5.41) is 2.97. The molecule has 0 bridgehead atoms. The first-order chi connectivity index (χ1) is 9.56. The Hall–Kier alpha value is -1.31. The summed E-state index contributed by atoms with van der Waals surface area (Å²) in [5.74, 6) is 0.0466. The predicted molar refractivity (Wildman–Crippen MR) is 86.2 cm³/mol. The Morgan fingerprint density at radius 3 is 2.50 bits per heavy atom. The van der Waals surface area contributed by atoms with E-state index in [0.29, 0.717) is 0 Å². The maximum atomic E-state index is 12.1. The van der Waals surface area contributed by atoms with Crippen LogP contribution in [0.5, 0.6) is 0 Å². The average molecular weight is 275 g/mol. The lowest BCUT2D eigenvalue weighted by Crippen LogP contribution is -2.30. The van der Waals surface area contributed by atoms with Crippen LogP contribution in [0.25, 0.3) is 0 Å². The molecule has 0 aromatic heterocycles. The Morgan fingerprint density at radius 2 is 1.85 bits per heavy atom. The lowest BCUT2D eigenvalue weighted by Gasteiger charge is -2.13.